The Kier molecular flexibility index (Phi) is 13.4. The van der Waals surface area contributed by atoms with Crippen molar-refractivity contribution in [2.45, 2.75) is 0 Å². The molecule has 13 aromatic rings. The van der Waals surface area contributed by atoms with Crippen LogP contribution in [0.5, 0.6) is 5.75 Å². The molecule has 0 aliphatic carbocycles. The van der Waals surface area contributed by atoms with Crippen LogP contribution in [0.1, 0.15) is 0 Å². The number of H-pyrrole nitrogens is 1. The molecule has 0 bridgehead atoms. The summed E-state index contributed by atoms with van der Waals surface area (Å²) < 4.78 is 2.26. The summed E-state index contributed by atoms with van der Waals surface area (Å²) in [7, 11) is 0. The zero-order valence-corrected chi connectivity index (χ0v) is 38.9. The standard InChI is InChI=1S/C53H34N2.C9H7NO.CH3.2Li/c1-2-16-44(17-3-1)55-50-21-11-10-20-49(50)54-53(55)38-26-22-37(23-27-38)41-30-31-47-48(34-41)52(43-29-25-36-13-5-7-15-40(36)33-43)46-19-9-8-18-45(46)51(47)42-28-24-35-12-4-6-14-39(35)32-42;11-8-5-1-3-7-4-2-6-10-9(7)8;;;/h1-34H;1-6,11H;1H3;;/q;;-1;2*+1. The molecule has 69 heavy (non-hydrogen) atoms. The number of para-hydroxylation sites is 4. The number of hydrogen-bond acceptors (Lipinski definition) is 2. The zero-order chi connectivity index (χ0) is 44.0. The van der Waals surface area contributed by atoms with Gasteiger partial charge in [-0.05, 0) is 137 Å². The van der Waals surface area contributed by atoms with Gasteiger partial charge in [-0.25, -0.2) is 9.97 Å². The maximum absolute atomic E-state index is 11.1. The van der Waals surface area contributed by atoms with Gasteiger partial charge in [-0.15, -0.1) is 0 Å². The topological polar surface area (TPSA) is 55.0 Å². The van der Waals surface area contributed by atoms with Crippen LogP contribution in [0.4, 0.5) is 0 Å². The zero-order valence-electron chi connectivity index (χ0n) is 38.9. The third kappa shape index (κ3) is 8.62. The summed E-state index contributed by atoms with van der Waals surface area (Å²) in [5, 5.41) is 22.1. The maximum atomic E-state index is 11.1. The molecule has 4 nitrogen and oxygen atoms in total. The van der Waals surface area contributed by atoms with Crippen molar-refractivity contribution in [3.8, 4) is 56.2 Å². The van der Waals surface area contributed by atoms with Gasteiger partial charge in [0.15, 0.2) is 6.20 Å². The van der Waals surface area contributed by atoms with Crippen LogP contribution in [0.25, 0.3) is 115 Å². The molecule has 0 radical (unpaired) electrons. The summed E-state index contributed by atoms with van der Waals surface area (Å²) in [6.07, 6.45) is 1.75. The number of hydrogen-bond donors (Lipinski definition) is 0. The molecule has 2 heterocycles. The van der Waals surface area contributed by atoms with E-state index in [0.29, 0.717) is 5.52 Å². The molecule has 0 saturated heterocycles. The third-order valence-electron chi connectivity index (χ3n) is 12.8. The second-order valence-electron chi connectivity index (χ2n) is 16.7. The monoisotopic (exact) mass is 872 g/mol. The Balaban J connectivity index is 0.000000373. The van der Waals surface area contributed by atoms with Crippen molar-refractivity contribution in [2.75, 3.05) is 0 Å². The van der Waals surface area contributed by atoms with Crippen molar-refractivity contribution in [3.05, 3.63) is 250 Å². The fraction of sp³-hybridized carbons (Fsp3) is 0. The van der Waals surface area contributed by atoms with Gasteiger partial charge < -0.3 is 12.5 Å². The molecule has 11 aromatic carbocycles. The minimum atomic E-state index is 0. The summed E-state index contributed by atoms with van der Waals surface area (Å²) in [6.45, 7) is 0. The molecule has 318 valence electrons. The Morgan fingerprint density at radius 2 is 0.884 bits per heavy atom. The number of aromatic amines is 1. The van der Waals surface area contributed by atoms with Crippen LogP contribution in [-0.2, 0) is 0 Å². The van der Waals surface area contributed by atoms with Gasteiger partial charge >= 0.3 is 37.7 Å². The molecule has 0 aliphatic rings. The quantitative estimate of drug-likeness (QED) is 0.0984. The summed E-state index contributed by atoms with van der Waals surface area (Å²) in [4.78, 5) is 8.03. The molecular formula is C63H44Li2N3O+. The van der Waals surface area contributed by atoms with E-state index in [1.165, 1.54) is 70.9 Å². The van der Waals surface area contributed by atoms with Crippen molar-refractivity contribution >= 4 is 65.0 Å². The smallest absolute Gasteiger partial charge is 0.868 e. The van der Waals surface area contributed by atoms with Crippen molar-refractivity contribution in [1.29, 1.82) is 0 Å². The summed E-state index contributed by atoms with van der Waals surface area (Å²) in [5.41, 5.74) is 12.2. The fourth-order valence-electron chi connectivity index (χ4n) is 9.66. The van der Waals surface area contributed by atoms with E-state index >= 15 is 0 Å². The minimum absolute atomic E-state index is 0. The second-order valence-corrected chi connectivity index (χ2v) is 16.7. The first-order valence-electron chi connectivity index (χ1n) is 22.3. The molecule has 0 fully saturated rings. The van der Waals surface area contributed by atoms with Crippen LogP contribution >= 0.6 is 0 Å². The average Bonchev–Trinajstić information content (AvgIpc) is 3.78. The van der Waals surface area contributed by atoms with Crippen LogP contribution < -0.4 is 47.8 Å². The number of rotatable bonds is 5. The van der Waals surface area contributed by atoms with Crippen LogP contribution in [0.3, 0.4) is 0 Å². The molecule has 0 amide bonds. The molecule has 6 heteroatoms. The fourth-order valence-corrected chi connectivity index (χ4v) is 9.66. The van der Waals surface area contributed by atoms with E-state index in [2.05, 4.69) is 216 Å². The summed E-state index contributed by atoms with van der Waals surface area (Å²) >= 11 is 0. The van der Waals surface area contributed by atoms with E-state index in [1.54, 1.807) is 18.3 Å². The van der Waals surface area contributed by atoms with Gasteiger partial charge in [-0.1, -0.05) is 176 Å². The van der Waals surface area contributed by atoms with Crippen LogP contribution in [0.2, 0.25) is 0 Å². The third-order valence-corrected chi connectivity index (χ3v) is 12.8. The summed E-state index contributed by atoms with van der Waals surface area (Å²) in [5.74, 6) is 0.977. The van der Waals surface area contributed by atoms with Gasteiger partial charge in [0.05, 0.1) is 11.0 Å². The Hall–Kier alpha value is -7.67. The first kappa shape index (κ1) is 46.4. The molecular weight excluding hydrogens is 829 g/mol. The number of benzene rings is 11. The van der Waals surface area contributed by atoms with E-state index in [1.807, 2.05) is 18.2 Å². The van der Waals surface area contributed by atoms with Crippen molar-refractivity contribution in [2.24, 2.45) is 0 Å². The Morgan fingerprint density at radius 3 is 1.55 bits per heavy atom. The predicted octanol–water partition coefficient (Wildman–Crippen LogP) is 9.49. The molecule has 0 atom stereocenters. The largest absolute Gasteiger partial charge is 1.00 e. The van der Waals surface area contributed by atoms with E-state index < -0.39 is 0 Å². The number of pyridine rings is 1. The first-order valence-corrected chi connectivity index (χ1v) is 22.3. The Labute approximate surface area is 425 Å². The minimum Gasteiger partial charge on any atom is -0.868 e. The maximum Gasteiger partial charge on any atom is 1.00 e. The van der Waals surface area contributed by atoms with Crippen LogP contribution in [-0.4, -0.2) is 9.55 Å². The van der Waals surface area contributed by atoms with Crippen molar-refractivity contribution in [3.63, 3.8) is 0 Å². The number of aromatic nitrogens is 3. The number of fused-ring (bicyclic) bond motifs is 6. The van der Waals surface area contributed by atoms with E-state index in [-0.39, 0.29) is 50.9 Å². The molecule has 13 rings (SSSR count). The normalized spacial score (nSPS) is 10.9. The SMILES string of the molecule is [CH3-].[Li+].[Li+].[O-]c1cccc2ccc[nH+]c12.c1ccc(-n2c(-c3ccc(-c4ccc5c(-c6ccc7ccccc7c6)c6ccccc6c(-c6ccc7ccccc7c6)c5c4)cc3)nc3ccccc32)cc1. The van der Waals surface area contributed by atoms with Gasteiger partial charge in [0.25, 0.3) is 0 Å². The molecule has 0 saturated carbocycles. The van der Waals surface area contributed by atoms with Gasteiger partial charge in [0, 0.05) is 22.7 Å². The molecule has 0 unspecified atom stereocenters. The van der Waals surface area contributed by atoms with Crippen molar-refractivity contribution in [1.82, 2.24) is 9.55 Å². The molecule has 2 aromatic heterocycles. The molecule has 0 spiro atoms. The molecule has 0 aliphatic heterocycles. The Bertz CT molecular complexity index is 3950. The first-order chi connectivity index (χ1) is 32.6. The van der Waals surface area contributed by atoms with Crippen molar-refractivity contribution < 1.29 is 47.8 Å². The van der Waals surface area contributed by atoms with E-state index in [0.717, 1.165) is 39.1 Å². The summed E-state index contributed by atoms with van der Waals surface area (Å²) in [6, 6.07) is 83.8. The van der Waals surface area contributed by atoms with Crippen LogP contribution in [0, 0.1) is 7.43 Å². The van der Waals surface area contributed by atoms with E-state index in [9.17, 15) is 5.11 Å². The number of nitrogens with one attached hydrogen (secondary N) is 1. The van der Waals surface area contributed by atoms with Gasteiger partial charge in [0.2, 0.25) is 5.52 Å². The van der Waals surface area contributed by atoms with Gasteiger partial charge in [-0.2, -0.15) is 0 Å². The van der Waals surface area contributed by atoms with Gasteiger partial charge in [0.1, 0.15) is 5.82 Å². The second kappa shape index (κ2) is 19.9. The number of imidazole rings is 1. The molecule has 1 N–H and O–H groups in total. The Morgan fingerprint density at radius 1 is 0.377 bits per heavy atom. The van der Waals surface area contributed by atoms with E-state index in [4.69, 9.17) is 4.98 Å². The van der Waals surface area contributed by atoms with Gasteiger partial charge in [-0.3, -0.25) is 4.57 Å². The van der Waals surface area contributed by atoms with Crippen LogP contribution in [0.15, 0.2) is 243 Å². The predicted molar refractivity (Wildman–Crippen MR) is 279 cm³/mol. The average molecular weight is 873 g/mol. The number of nitrogens with zero attached hydrogens (tertiary/aromatic N) is 2.